The van der Waals surface area contributed by atoms with Gasteiger partial charge in [-0.2, -0.15) is 10.5 Å². The molecule has 15 heavy (non-hydrogen) atoms. The average Bonchev–Trinajstić information content (AvgIpc) is 2.92. The zero-order valence-corrected chi connectivity index (χ0v) is 9.21. The molecule has 0 heterocycles. The number of rotatable bonds is 2. The van der Waals surface area contributed by atoms with Gasteiger partial charge in [0.05, 0.1) is 12.1 Å². The average molecular weight is 202 g/mol. The first-order valence-corrected chi connectivity index (χ1v) is 6.16. The molecular weight excluding hydrogens is 184 g/mol. The van der Waals surface area contributed by atoms with E-state index in [1.807, 2.05) is 0 Å². The van der Waals surface area contributed by atoms with Gasteiger partial charge in [0.15, 0.2) is 0 Å². The summed E-state index contributed by atoms with van der Waals surface area (Å²) in [4.78, 5) is 0. The highest BCUT2D eigenvalue weighted by atomic mass is 14.5. The maximum Gasteiger partial charge on any atom is 0.149 e. The molecule has 80 valence electrons. The van der Waals surface area contributed by atoms with Gasteiger partial charge in [-0.3, -0.25) is 0 Å². The third-order valence-corrected chi connectivity index (χ3v) is 4.37. The molecule has 2 saturated carbocycles. The van der Waals surface area contributed by atoms with E-state index >= 15 is 0 Å². The van der Waals surface area contributed by atoms with Crippen LogP contribution in [0.25, 0.3) is 0 Å². The van der Waals surface area contributed by atoms with Gasteiger partial charge >= 0.3 is 0 Å². The van der Waals surface area contributed by atoms with Gasteiger partial charge in [0.2, 0.25) is 0 Å². The van der Waals surface area contributed by atoms with Crippen molar-refractivity contribution in [2.75, 3.05) is 0 Å². The second-order valence-electron chi connectivity index (χ2n) is 5.06. The van der Waals surface area contributed by atoms with Crippen molar-refractivity contribution in [3.63, 3.8) is 0 Å². The van der Waals surface area contributed by atoms with Crippen molar-refractivity contribution in [3.05, 3.63) is 0 Å². The number of hydrogen-bond acceptors (Lipinski definition) is 2. The Kier molecular flexibility index (Phi) is 2.96. The van der Waals surface area contributed by atoms with Gasteiger partial charge in [-0.25, -0.2) is 0 Å². The Hall–Kier alpha value is -1.02. The predicted octanol–water partition coefficient (Wildman–Crippen LogP) is 3.40. The molecule has 2 nitrogen and oxygen atoms in total. The van der Waals surface area contributed by atoms with E-state index in [-0.39, 0.29) is 0 Å². The molecule has 2 heteroatoms. The van der Waals surface area contributed by atoms with Gasteiger partial charge in [0, 0.05) is 0 Å². The van der Waals surface area contributed by atoms with Crippen molar-refractivity contribution < 1.29 is 0 Å². The van der Waals surface area contributed by atoms with Crippen LogP contribution in [0.5, 0.6) is 0 Å². The lowest BCUT2D eigenvalue weighted by atomic mass is 9.67. The fourth-order valence-electron chi connectivity index (χ4n) is 3.49. The van der Waals surface area contributed by atoms with Crippen LogP contribution < -0.4 is 0 Å². The summed E-state index contributed by atoms with van der Waals surface area (Å²) in [5.41, 5.74) is -0.646. The van der Waals surface area contributed by atoms with Gasteiger partial charge in [-0.15, -0.1) is 0 Å². The van der Waals surface area contributed by atoms with Gasteiger partial charge < -0.3 is 0 Å². The Balaban J connectivity index is 2.23. The van der Waals surface area contributed by atoms with Crippen LogP contribution in [-0.2, 0) is 0 Å². The van der Waals surface area contributed by atoms with Crippen LogP contribution in [0.4, 0.5) is 0 Å². The van der Waals surface area contributed by atoms with Crippen LogP contribution in [0, 0.1) is 39.9 Å². The Morgan fingerprint density at radius 2 is 1.07 bits per heavy atom. The number of nitriles is 2. The molecule has 0 aromatic heterocycles. The number of nitrogens with zero attached hydrogens (tertiary/aromatic N) is 2. The van der Waals surface area contributed by atoms with Crippen LogP contribution in [0.1, 0.15) is 51.4 Å². The summed E-state index contributed by atoms with van der Waals surface area (Å²) in [7, 11) is 0. The largest absolute Gasteiger partial charge is 0.197 e. The summed E-state index contributed by atoms with van der Waals surface area (Å²) in [5, 5.41) is 18.8. The fourth-order valence-corrected chi connectivity index (χ4v) is 3.49. The lowest BCUT2D eigenvalue weighted by molar-refractivity contribution is 0.212. The summed E-state index contributed by atoms with van der Waals surface area (Å²) >= 11 is 0. The maximum absolute atomic E-state index is 9.42. The van der Waals surface area contributed by atoms with Crippen molar-refractivity contribution in [2.24, 2.45) is 17.3 Å². The van der Waals surface area contributed by atoms with Crippen molar-refractivity contribution in [1.82, 2.24) is 0 Å². The second-order valence-corrected chi connectivity index (χ2v) is 5.06. The van der Waals surface area contributed by atoms with E-state index in [0.29, 0.717) is 11.8 Å². The summed E-state index contributed by atoms with van der Waals surface area (Å²) in [6.07, 6.45) is 9.22. The Morgan fingerprint density at radius 3 is 1.33 bits per heavy atom. The predicted molar refractivity (Wildman–Crippen MR) is 57.6 cm³/mol. The van der Waals surface area contributed by atoms with E-state index in [2.05, 4.69) is 12.1 Å². The topological polar surface area (TPSA) is 47.6 Å². The third kappa shape index (κ3) is 1.63. The molecule has 0 aliphatic heterocycles. The van der Waals surface area contributed by atoms with E-state index in [0.717, 1.165) is 25.7 Å². The smallest absolute Gasteiger partial charge is 0.149 e. The van der Waals surface area contributed by atoms with Crippen molar-refractivity contribution in [3.8, 4) is 12.1 Å². The molecule has 0 radical (unpaired) electrons. The summed E-state index contributed by atoms with van der Waals surface area (Å²) in [6.45, 7) is 0. The van der Waals surface area contributed by atoms with E-state index in [1.54, 1.807) is 0 Å². The summed E-state index contributed by atoms with van der Waals surface area (Å²) in [5.74, 6) is 0.714. The van der Waals surface area contributed by atoms with Crippen molar-refractivity contribution in [1.29, 1.82) is 10.5 Å². The Bertz CT molecular complexity index is 263. The molecule has 2 aliphatic carbocycles. The van der Waals surface area contributed by atoms with E-state index < -0.39 is 5.41 Å². The van der Waals surface area contributed by atoms with Gasteiger partial charge in [-0.05, 0) is 37.5 Å². The van der Waals surface area contributed by atoms with E-state index in [9.17, 15) is 10.5 Å². The SMILES string of the molecule is N#CC(C#N)(C1CCCC1)C1CCCC1. The minimum Gasteiger partial charge on any atom is -0.197 e. The minimum absolute atomic E-state index is 0.357. The Morgan fingerprint density at radius 1 is 0.733 bits per heavy atom. The molecule has 2 aliphatic rings. The number of hydrogen-bond donors (Lipinski definition) is 0. The highest BCUT2D eigenvalue weighted by Crippen LogP contribution is 2.49. The van der Waals surface area contributed by atoms with Crippen LogP contribution in [0.3, 0.4) is 0 Å². The molecule has 0 atom stereocenters. The molecule has 0 spiro atoms. The minimum atomic E-state index is -0.646. The zero-order chi connectivity index (χ0) is 10.7. The molecule has 2 fully saturated rings. The standard InChI is InChI=1S/C13H18N2/c14-9-13(10-15,11-5-1-2-6-11)12-7-3-4-8-12/h11-12H,1-8H2. The molecular formula is C13H18N2. The molecule has 0 unspecified atom stereocenters. The lowest BCUT2D eigenvalue weighted by Crippen LogP contribution is -2.33. The molecule has 2 rings (SSSR count). The molecule has 0 N–H and O–H groups in total. The summed E-state index contributed by atoms with van der Waals surface area (Å²) < 4.78 is 0. The second kappa shape index (κ2) is 4.23. The molecule has 0 saturated heterocycles. The quantitative estimate of drug-likeness (QED) is 0.689. The first kappa shape index (κ1) is 10.5. The van der Waals surface area contributed by atoms with Crippen LogP contribution >= 0.6 is 0 Å². The maximum atomic E-state index is 9.42. The summed E-state index contributed by atoms with van der Waals surface area (Å²) in [6, 6.07) is 4.78. The molecule has 0 amide bonds. The highest BCUT2D eigenvalue weighted by molar-refractivity contribution is 5.20. The van der Waals surface area contributed by atoms with Gasteiger partial charge in [-0.1, -0.05) is 25.7 Å². The molecule has 0 bridgehead atoms. The molecule has 0 aromatic rings. The van der Waals surface area contributed by atoms with Crippen LogP contribution in [-0.4, -0.2) is 0 Å². The first-order valence-electron chi connectivity index (χ1n) is 6.16. The van der Waals surface area contributed by atoms with E-state index in [4.69, 9.17) is 0 Å². The van der Waals surface area contributed by atoms with Gasteiger partial charge in [0.1, 0.15) is 5.41 Å². The first-order chi connectivity index (χ1) is 7.33. The van der Waals surface area contributed by atoms with Crippen LogP contribution in [0.15, 0.2) is 0 Å². The fraction of sp³-hybridized carbons (Fsp3) is 0.846. The Labute approximate surface area is 91.9 Å². The third-order valence-electron chi connectivity index (χ3n) is 4.37. The zero-order valence-electron chi connectivity index (χ0n) is 9.21. The highest BCUT2D eigenvalue weighted by Gasteiger charge is 2.47. The van der Waals surface area contributed by atoms with Crippen LogP contribution in [0.2, 0.25) is 0 Å². The molecule has 0 aromatic carbocycles. The van der Waals surface area contributed by atoms with Crippen molar-refractivity contribution in [2.45, 2.75) is 51.4 Å². The monoisotopic (exact) mass is 202 g/mol. The lowest BCUT2D eigenvalue weighted by Gasteiger charge is -2.31. The van der Waals surface area contributed by atoms with E-state index in [1.165, 1.54) is 25.7 Å². The normalized spacial score (nSPS) is 23.9. The van der Waals surface area contributed by atoms with Gasteiger partial charge in [0.25, 0.3) is 0 Å². The van der Waals surface area contributed by atoms with Crippen molar-refractivity contribution >= 4 is 0 Å².